The number of aromatic nitrogens is 4. The van der Waals surface area contributed by atoms with Gasteiger partial charge in [-0.1, -0.05) is 18.3 Å². The monoisotopic (exact) mass is 228 g/mol. The van der Waals surface area contributed by atoms with Gasteiger partial charge in [0.05, 0.1) is 11.3 Å². The van der Waals surface area contributed by atoms with E-state index in [0.29, 0.717) is 4.47 Å². The van der Waals surface area contributed by atoms with Gasteiger partial charge in [0.15, 0.2) is 5.01 Å². The van der Waals surface area contributed by atoms with E-state index in [1.807, 2.05) is 13.2 Å². The number of hydrogen-bond donors (Lipinski definition) is 0. The maximum Gasteiger partial charge on any atom is 0.207 e. The molecule has 0 bridgehead atoms. The highest BCUT2D eigenvalue weighted by Crippen LogP contribution is 2.28. The first kappa shape index (κ1) is 9.61. The highest BCUT2D eigenvalue weighted by molar-refractivity contribution is 7.18. The molecule has 0 fully saturated rings. The molecule has 0 aliphatic rings. The minimum Gasteiger partial charge on any atom is -0.275 e. The van der Waals surface area contributed by atoms with E-state index in [0.717, 1.165) is 22.7 Å². The van der Waals surface area contributed by atoms with Gasteiger partial charge in [-0.2, -0.15) is 5.10 Å². The van der Waals surface area contributed by atoms with Crippen LogP contribution in [0, 0.1) is 0 Å². The topological polar surface area (TPSA) is 43.6 Å². The molecule has 0 saturated carbocycles. The zero-order valence-electron chi connectivity index (χ0n) is 7.86. The molecule has 2 aromatic heterocycles. The smallest absolute Gasteiger partial charge is 0.207 e. The molecule has 2 rings (SSSR count). The predicted molar refractivity (Wildman–Crippen MR) is 56.5 cm³/mol. The van der Waals surface area contributed by atoms with E-state index < -0.39 is 0 Å². The number of rotatable bonds is 2. The van der Waals surface area contributed by atoms with Crippen molar-refractivity contribution in [2.24, 2.45) is 7.05 Å². The number of nitrogens with zero attached hydrogens (tertiary/aromatic N) is 4. The Morgan fingerprint density at radius 2 is 2.29 bits per heavy atom. The second-order valence-electron chi connectivity index (χ2n) is 2.88. The summed E-state index contributed by atoms with van der Waals surface area (Å²) in [4.78, 5) is 0. The first-order valence-corrected chi connectivity index (χ1v) is 5.42. The molecule has 2 heterocycles. The largest absolute Gasteiger partial charge is 0.275 e. The van der Waals surface area contributed by atoms with Gasteiger partial charge >= 0.3 is 0 Å². The fourth-order valence-corrected chi connectivity index (χ4v) is 2.15. The Bertz CT molecular complexity index is 448. The average Bonchev–Trinajstić information content (AvgIpc) is 2.71. The molecule has 0 saturated heterocycles. The molecule has 4 nitrogen and oxygen atoms in total. The lowest BCUT2D eigenvalue weighted by molar-refractivity contribution is 0.746. The molecule has 0 aliphatic heterocycles. The van der Waals surface area contributed by atoms with Crippen LogP contribution in [0.5, 0.6) is 0 Å². The van der Waals surface area contributed by atoms with Crippen LogP contribution in [0.15, 0.2) is 6.20 Å². The molecule has 74 valence electrons. The maximum absolute atomic E-state index is 5.73. The van der Waals surface area contributed by atoms with E-state index in [1.165, 1.54) is 11.3 Å². The molecule has 14 heavy (non-hydrogen) atoms. The molecule has 0 unspecified atom stereocenters. The lowest BCUT2D eigenvalue weighted by Gasteiger charge is -1.91. The van der Waals surface area contributed by atoms with E-state index in [-0.39, 0.29) is 0 Å². The zero-order chi connectivity index (χ0) is 10.1. The first-order valence-electron chi connectivity index (χ1n) is 4.22. The van der Waals surface area contributed by atoms with Gasteiger partial charge in [0, 0.05) is 13.2 Å². The maximum atomic E-state index is 5.73. The van der Waals surface area contributed by atoms with Crippen molar-refractivity contribution in [2.45, 2.75) is 13.3 Å². The molecule has 0 aliphatic carbocycles. The second-order valence-corrected chi connectivity index (χ2v) is 4.44. The number of halogens is 1. The third-order valence-electron chi connectivity index (χ3n) is 1.87. The molecule has 6 heteroatoms. The lowest BCUT2D eigenvalue weighted by Crippen LogP contribution is -1.89. The Labute approximate surface area is 90.5 Å². The molecule has 0 atom stereocenters. The van der Waals surface area contributed by atoms with Gasteiger partial charge in [0.2, 0.25) is 4.47 Å². The van der Waals surface area contributed by atoms with Gasteiger partial charge in [0.1, 0.15) is 0 Å². The van der Waals surface area contributed by atoms with Gasteiger partial charge < -0.3 is 0 Å². The summed E-state index contributed by atoms with van der Waals surface area (Å²) in [5, 5.41) is 12.9. The summed E-state index contributed by atoms with van der Waals surface area (Å²) in [5.74, 6) is 0. The third kappa shape index (κ3) is 1.65. The fourth-order valence-electron chi connectivity index (χ4n) is 1.29. The van der Waals surface area contributed by atoms with Crippen molar-refractivity contribution in [3.8, 4) is 10.6 Å². The predicted octanol–water partition coefficient (Wildman–Crippen LogP) is 2.15. The summed E-state index contributed by atoms with van der Waals surface area (Å²) in [6.45, 7) is 2.06. The van der Waals surface area contributed by atoms with Crippen molar-refractivity contribution in [3.05, 3.63) is 16.4 Å². The van der Waals surface area contributed by atoms with Gasteiger partial charge in [-0.15, -0.1) is 10.2 Å². The molecular weight excluding hydrogens is 220 g/mol. The number of aryl methyl sites for hydroxylation is 2. The van der Waals surface area contributed by atoms with Gasteiger partial charge in [-0.05, 0) is 18.0 Å². The highest BCUT2D eigenvalue weighted by atomic mass is 35.5. The first-order chi connectivity index (χ1) is 6.70. The van der Waals surface area contributed by atoms with E-state index in [9.17, 15) is 0 Å². The SMILES string of the molecule is CCc1nn(C)cc1-c1nnc(Cl)s1. The van der Waals surface area contributed by atoms with Crippen molar-refractivity contribution in [3.63, 3.8) is 0 Å². The Morgan fingerprint density at radius 1 is 1.50 bits per heavy atom. The van der Waals surface area contributed by atoms with Gasteiger partial charge in [0.25, 0.3) is 0 Å². The molecule has 2 aromatic rings. The van der Waals surface area contributed by atoms with E-state index in [4.69, 9.17) is 11.6 Å². The van der Waals surface area contributed by atoms with Gasteiger partial charge in [-0.25, -0.2) is 0 Å². The van der Waals surface area contributed by atoms with Crippen LogP contribution >= 0.6 is 22.9 Å². The Kier molecular flexibility index (Phi) is 2.52. The lowest BCUT2D eigenvalue weighted by atomic mass is 10.2. The van der Waals surface area contributed by atoms with E-state index in [1.54, 1.807) is 4.68 Å². The highest BCUT2D eigenvalue weighted by Gasteiger charge is 2.12. The molecule has 0 amide bonds. The molecule has 0 aromatic carbocycles. The zero-order valence-corrected chi connectivity index (χ0v) is 9.43. The number of hydrogen-bond acceptors (Lipinski definition) is 4. The van der Waals surface area contributed by atoms with Crippen LogP contribution in [0.4, 0.5) is 0 Å². The van der Waals surface area contributed by atoms with Crippen LogP contribution in [-0.2, 0) is 13.5 Å². The third-order valence-corrected chi connectivity index (χ3v) is 2.92. The summed E-state index contributed by atoms with van der Waals surface area (Å²) in [6.07, 6.45) is 2.82. The van der Waals surface area contributed by atoms with Crippen LogP contribution in [0.1, 0.15) is 12.6 Å². The summed E-state index contributed by atoms with van der Waals surface area (Å²) in [7, 11) is 1.89. The van der Waals surface area contributed by atoms with Crippen LogP contribution in [-0.4, -0.2) is 20.0 Å². The standard InChI is InChI=1S/C8H9ClN4S/c1-3-6-5(4-13(2)12-6)7-10-11-8(9)14-7/h4H,3H2,1-2H3. The normalized spacial score (nSPS) is 10.8. The summed E-state index contributed by atoms with van der Waals surface area (Å²) < 4.78 is 2.25. The molecule has 0 N–H and O–H groups in total. The summed E-state index contributed by atoms with van der Waals surface area (Å²) in [5.41, 5.74) is 2.06. The van der Waals surface area contributed by atoms with Crippen LogP contribution in [0.2, 0.25) is 4.47 Å². The van der Waals surface area contributed by atoms with Crippen LogP contribution in [0.25, 0.3) is 10.6 Å². The Hall–Kier alpha value is -0.940. The molecule has 0 radical (unpaired) electrons. The summed E-state index contributed by atoms with van der Waals surface area (Å²) in [6, 6.07) is 0. The fraction of sp³-hybridized carbons (Fsp3) is 0.375. The quantitative estimate of drug-likeness (QED) is 0.791. The summed E-state index contributed by atoms with van der Waals surface area (Å²) >= 11 is 7.10. The second kappa shape index (κ2) is 3.67. The molecule has 0 spiro atoms. The van der Waals surface area contributed by atoms with Gasteiger partial charge in [-0.3, -0.25) is 4.68 Å². The molecular formula is C8H9ClN4S. The van der Waals surface area contributed by atoms with Crippen molar-refractivity contribution in [1.82, 2.24) is 20.0 Å². The minimum atomic E-state index is 0.464. The van der Waals surface area contributed by atoms with E-state index in [2.05, 4.69) is 22.2 Å². The van der Waals surface area contributed by atoms with Crippen LogP contribution < -0.4 is 0 Å². The van der Waals surface area contributed by atoms with Crippen molar-refractivity contribution >= 4 is 22.9 Å². The van der Waals surface area contributed by atoms with Crippen LogP contribution in [0.3, 0.4) is 0 Å². The van der Waals surface area contributed by atoms with Crippen molar-refractivity contribution in [2.75, 3.05) is 0 Å². The van der Waals surface area contributed by atoms with Crippen molar-refractivity contribution in [1.29, 1.82) is 0 Å². The Balaban J connectivity index is 2.49. The average molecular weight is 229 g/mol. The Morgan fingerprint density at radius 3 is 2.86 bits per heavy atom. The van der Waals surface area contributed by atoms with E-state index >= 15 is 0 Å². The van der Waals surface area contributed by atoms with Crippen molar-refractivity contribution < 1.29 is 0 Å². The minimum absolute atomic E-state index is 0.464.